The van der Waals surface area contributed by atoms with Crippen molar-refractivity contribution in [2.24, 2.45) is 0 Å². The third kappa shape index (κ3) is 3.66. The molecule has 0 spiro atoms. The Labute approximate surface area is 121 Å². The number of nitrogens with zero attached hydrogens (tertiary/aromatic N) is 2. The number of anilines is 1. The fourth-order valence-corrected chi connectivity index (χ4v) is 2.11. The number of ether oxygens (including phenoxy) is 2. The van der Waals surface area contributed by atoms with Crippen molar-refractivity contribution in [1.29, 1.82) is 0 Å². The largest absolute Gasteiger partial charge is 0.464 e. The highest BCUT2D eigenvalue weighted by molar-refractivity contribution is 5.87. The van der Waals surface area contributed by atoms with Gasteiger partial charge < -0.3 is 14.8 Å². The summed E-state index contributed by atoms with van der Waals surface area (Å²) in [6, 6.07) is 1.50. The second-order valence-electron chi connectivity index (χ2n) is 4.59. The van der Waals surface area contributed by atoms with Gasteiger partial charge in [-0.2, -0.15) is 4.98 Å². The van der Waals surface area contributed by atoms with Crippen molar-refractivity contribution in [1.82, 2.24) is 9.55 Å². The summed E-state index contributed by atoms with van der Waals surface area (Å²) in [7, 11) is 0. The molecule has 1 fully saturated rings. The van der Waals surface area contributed by atoms with Crippen molar-refractivity contribution in [2.75, 3.05) is 11.9 Å². The molecule has 0 saturated carbocycles. The normalized spacial score (nSPS) is 21.0. The van der Waals surface area contributed by atoms with Crippen LogP contribution in [0.25, 0.3) is 0 Å². The highest BCUT2D eigenvalue weighted by Gasteiger charge is 2.33. The van der Waals surface area contributed by atoms with Crippen LogP contribution in [-0.4, -0.2) is 34.1 Å². The summed E-state index contributed by atoms with van der Waals surface area (Å²) in [5.41, 5.74) is -0.546. The summed E-state index contributed by atoms with van der Waals surface area (Å²) in [5, 5.41) is 2.43. The van der Waals surface area contributed by atoms with E-state index in [9.17, 15) is 14.4 Å². The maximum atomic E-state index is 11.9. The summed E-state index contributed by atoms with van der Waals surface area (Å²) in [6.07, 6.45) is 1.29. The number of esters is 1. The number of rotatable bonds is 4. The van der Waals surface area contributed by atoms with E-state index in [-0.39, 0.29) is 18.3 Å². The van der Waals surface area contributed by atoms with Gasteiger partial charge in [0.05, 0.1) is 6.61 Å². The lowest BCUT2D eigenvalue weighted by atomic mass is 10.2. The van der Waals surface area contributed by atoms with Gasteiger partial charge >= 0.3 is 11.7 Å². The SMILES string of the molecule is CCOC(=O)[C@H]1CC[C@@H](n2ccc(NC(C)=O)nc2=O)O1. The van der Waals surface area contributed by atoms with E-state index in [0.29, 0.717) is 12.8 Å². The Morgan fingerprint density at radius 3 is 2.90 bits per heavy atom. The lowest BCUT2D eigenvalue weighted by molar-refractivity contribution is -0.157. The second kappa shape index (κ2) is 6.49. The Morgan fingerprint density at radius 2 is 2.29 bits per heavy atom. The van der Waals surface area contributed by atoms with Crippen LogP contribution >= 0.6 is 0 Å². The Kier molecular flexibility index (Phi) is 4.69. The summed E-state index contributed by atoms with van der Waals surface area (Å²) in [4.78, 5) is 38.2. The van der Waals surface area contributed by atoms with Crippen LogP contribution in [0.15, 0.2) is 17.1 Å². The smallest absolute Gasteiger partial charge is 0.351 e. The van der Waals surface area contributed by atoms with Crippen molar-refractivity contribution in [3.05, 3.63) is 22.7 Å². The van der Waals surface area contributed by atoms with Gasteiger partial charge in [0, 0.05) is 13.1 Å². The summed E-state index contributed by atoms with van der Waals surface area (Å²) >= 11 is 0. The minimum absolute atomic E-state index is 0.184. The van der Waals surface area contributed by atoms with E-state index < -0.39 is 24.0 Å². The molecule has 114 valence electrons. The molecule has 0 aliphatic carbocycles. The zero-order valence-electron chi connectivity index (χ0n) is 11.9. The van der Waals surface area contributed by atoms with Gasteiger partial charge in [-0.25, -0.2) is 9.59 Å². The molecule has 8 heteroatoms. The van der Waals surface area contributed by atoms with E-state index in [2.05, 4.69) is 10.3 Å². The first-order valence-corrected chi connectivity index (χ1v) is 6.70. The minimum Gasteiger partial charge on any atom is -0.464 e. The molecule has 1 aromatic heterocycles. The van der Waals surface area contributed by atoms with Gasteiger partial charge in [0.2, 0.25) is 5.91 Å². The molecule has 2 rings (SSSR count). The van der Waals surface area contributed by atoms with E-state index in [0.717, 1.165) is 0 Å². The number of hydrogen-bond donors (Lipinski definition) is 1. The minimum atomic E-state index is -0.656. The number of carbonyl (C=O) groups excluding carboxylic acids is 2. The number of nitrogens with one attached hydrogen (secondary N) is 1. The van der Waals surface area contributed by atoms with Crippen molar-refractivity contribution in [3.8, 4) is 0 Å². The van der Waals surface area contributed by atoms with Crippen LogP contribution in [0.4, 0.5) is 5.82 Å². The Bertz CT molecular complexity index is 598. The molecule has 0 aromatic carbocycles. The van der Waals surface area contributed by atoms with E-state index >= 15 is 0 Å². The summed E-state index contributed by atoms with van der Waals surface area (Å²) < 4.78 is 11.7. The molecule has 2 atom stereocenters. The van der Waals surface area contributed by atoms with Gasteiger partial charge in [-0.15, -0.1) is 0 Å². The Hall–Kier alpha value is -2.22. The fraction of sp³-hybridized carbons (Fsp3) is 0.538. The molecule has 8 nitrogen and oxygen atoms in total. The fourth-order valence-electron chi connectivity index (χ4n) is 2.11. The molecule has 0 unspecified atom stereocenters. The first-order chi connectivity index (χ1) is 10.0. The molecule has 2 heterocycles. The topological polar surface area (TPSA) is 99.5 Å². The second-order valence-corrected chi connectivity index (χ2v) is 4.59. The zero-order chi connectivity index (χ0) is 15.4. The molecule has 1 amide bonds. The molecule has 21 heavy (non-hydrogen) atoms. The predicted octanol–water partition coefficient (Wildman–Crippen LogP) is 0.442. The highest BCUT2D eigenvalue weighted by atomic mass is 16.6. The average molecular weight is 295 g/mol. The molecular formula is C13H17N3O5. The zero-order valence-corrected chi connectivity index (χ0v) is 11.9. The van der Waals surface area contributed by atoms with E-state index in [4.69, 9.17) is 9.47 Å². The maximum Gasteiger partial charge on any atom is 0.351 e. The lowest BCUT2D eigenvalue weighted by Gasteiger charge is -2.15. The van der Waals surface area contributed by atoms with Crippen LogP contribution in [0, 0.1) is 0 Å². The molecule has 1 saturated heterocycles. The first kappa shape index (κ1) is 15.2. The van der Waals surface area contributed by atoms with E-state index in [1.54, 1.807) is 6.92 Å². The quantitative estimate of drug-likeness (QED) is 0.809. The number of amides is 1. The first-order valence-electron chi connectivity index (χ1n) is 6.70. The van der Waals surface area contributed by atoms with Gasteiger partial charge in [-0.3, -0.25) is 9.36 Å². The third-order valence-electron chi connectivity index (χ3n) is 2.99. The average Bonchev–Trinajstić information content (AvgIpc) is 2.88. The predicted molar refractivity (Wildman–Crippen MR) is 72.6 cm³/mol. The number of hydrogen-bond acceptors (Lipinski definition) is 6. The standard InChI is InChI=1S/C13H17N3O5/c1-3-20-12(18)9-4-5-11(21-9)16-7-6-10(14-8(2)17)15-13(16)19/h6-7,9,11H,3-5H2,1-2H3,(H,14,15,17,19)/t9-,11+/m1/s1. The van der Waals surface area contributed by atoms with Gasteiger partial charge in [-0.05, 0) is 25.8 Å². The van der Waals surface area contributed by atoms with Crippen LogP contribution in [0.2, 0.25) is 0 Å². The Morgan fingerprint density at radius 1 is 1.52 bits per heavy atom. The maximum absolute atomic E-state index is 11.9. The number of carbonyl (C=O) groups is 2. The van der Waals surface area contributed by atoms with Crippen LogP contribution in [0.1, 0.15) is 32.9 Å². The van der Waals surface area contributed by atoms with Gasteiger partial charge in [0.1, 0.15) is 12.0 Å². The van der Waals surface area contributed by atoms with Crippen molar-refractivity contribution < 1.29 is 19.1 Å². The van der Waals surface area contributed by atoms with Crippen LogP contribution in [0.3, 0.4) is 0 Å². The molecule has 1 aliphatic rings. The molecular weight excluding hydrogens is 278 g/mol. The van der Waals surface area contributed by atoms with Gasteiger partial charge in [0.25, 0.3) is 0 Å². The van der Waals surface area contributed by atoms with Crippen molar-refractivity contribution >= 4 is 17.7 Å². The van der Waals surface area contributed by atoms with Crippen molar-refractivity contribution in [2.45, 2.75) is 39.0 Å². The molecule has 0 radical (unpaired) electrons. The third-order valence-corrected chi connectivity index (χ3v) is 2.99. The molecule has 1 N–H and O–H groups in total. The molecule has 1 aliphatic heterocycles. The van der Waals surface area contributed by atoms with Crippen molar-refractivity contribution in [3.63, 3.8) is 0 Å². The highest BCUT2D eigenvalue weighted by Crippen LogP contribution is 2.27. The van der Waals surface area contributed by atoms with Gasteiger partial charge in [-0.1, -0.05) is 0 Å². The Balaban J connectivity index is 2.08. The van der Waals surface area contributed by atoms with E-state index in [1.807, 2.05) is 0 Å². The summed E-state index contributed by atoms with van der Waals surface area (Å²) in [5.74, 6) is -0.543. The summed E-state index contributed by atoms with van der Waals surface area (Å²) in [6.45, 7) is 3.34. The van der Waals surface area contributed by atoms with Crippen LogP contribution in [-0.2, 0) is 19.1 Å². The monoisotopic (exact) mass is 295 g/mol. The van der Waals surface area contributed by atoms with Crippen LogP contribution in [0.5, 0.6) is 0 Å². The van der Waals surface area contributed by atoms with Crippen LogP contribution < -0.4 is 11.0 Å². The number of aromatic nitrogens is 2. The van der Waals surface area contributed by atoms with E-state index in [1.165, 1.54) is 23.8 Å². The molecule has 0 bridgehead atoms. The van der Waals surface area contributed by atoms with Gasteiger partial charge in [0.15, 0.2) is 6.10 Å². The molecule has 1 aromatic rings. The lowest BCUT2D eigenvalue weighted by Crippen LogP contribution is -2.29.